The highest BCUT2D eigenvalue weighted by molar-refractivity contribution is 5.79. The van der Waals surface area contributed by atoms with Gasteiger partial charge in [0.25, 0.3) is 0 Å². The summed E-state index contributed by atoms with van der Waals surface area (Å²) in [5.41, 5.74) is 4.09. The first-order valence-corrected chi connectivity index (χ1v) is 9.18. The first-order valence-electron chi connectivity index (χ1n) is 9.18. The van der Waals surface area contributed by atoms with Crippen molar-refractivity contribution in [3.63, 3.8) is 0 Å². The van der Waals surface area contributed by atoms with Gasteiger partial charge in [0.15, 0.2) is 0 Å². The van der Waals surface area contributed by atoms with E-state index in [1.807, 2.05) is 24.0 Å². The Morgan fingerprint density at radius 3 is 2.48 bits per heavy atom. The molecule has 1 atom stereocenters. The summed E-state index contributed by atoms with van der Waals surface area (Å²) in [5.74, 6) is 0.982. The second-order valence-corrected chi connectivity index (χ2v) is 6.46. The molecule has 0 aromatic heterocycles. The molecule has 1 fully saturated rings. The molecule has 1 heterocycles. The number of nitrogens with zero attached hydrogens (tertiary/aromatic N) is 2. The van der Waals surface area contributed by atoms with E-state index in [9.17, 15) is 4.79 Å². The van der Waals surface area contributed by atoms with E-state index in [1.165, 1.54) is 5.69 Å². The number of anilines is 1. The fraction of sp³-hybridized carbons (Fsp3) is 0.632. The van der Waals surface area contributed by atoms with Gasteiger partial charge in [0.1, 0.15) is 5.75 Å². The summed E-state index contributed by atoms with van der Waals surface area (Å²) in [5, 5.41) is 0. The van der Waals surface area contributed by atoms with Gasteiger partial charge in [-0.2, -0.15) is 0 Å². The number of rotatable bonds is 9. The highest BCUT2D eigenvalue weighted by Crippen LogP contribution is 2.20. The van der Waals surface area contributed by atoms with Crippen molar-refractivity contribution in [2.75, 3.05) is 51.3 Å². The van der Waals surface area contributed by atoms with Crippen molar-refractivity contribution < 1.29 is 14.4 Å². The molecule has 0 spiro atoms. The molecule has 6 nitrogen and oxygen atoms in total. The van der Waals surface area contributed by atoms with E-state index >= 15 is 0 Å². The molecule has 1 aliphatic heterocycles. The molecule has 6 heteroatoms. The number of hydrogen-bond donors (Lipinski definition) is 1. The largest absolute Gasteiger partial charge is 0.497 e. The third-order valence-corrected chi connectivity index (χ3v) is 4.54. The van der Waals surface area contributed by atoms with Gasteiger partial charge >= 0.3 is 0 Å². The van der Waals surface area contributed by atoms with Gasteiger partial charge in [0.05, 0.1) is 19.6 Å². The number of unbranched alkanes of at least 4 members (excludes halogenated alkanes) is 1. The minimum atomic E-state index is -0.0748. The van der Waals surface area contributed by atoms with E-state index in [-0.39, 0.29) is 11.8 Å². The Hall–Kier alpha value is -1.79. The molecule has 25 heavy (non-hydrogen) atoms. The number of nitrogens with one attached hydrogen (secondary N) is 1. The lowest BCUT2D eigenvalue weighted by Crippen LogP contribution is -2.51. The Kier molecular flexibility index (Phi) is 8.01. The normalized spacial score (nSPS) is 16.0. The topological polar surface area (TPSA) is 54.0 Å². The smallest absolute Gasteiger partial charge is 0.226 e. The molecular weight excluding hydrogens is 318 g/mol. The SMILES string of the molecule is CCCCONC[C@H](C)C(=O)N1CCN(c2ccc(OC)cc2)CC1. The third-order valence-electron chi connectivity index (χ3n) is 4.54. The second kappa shape index (κ2) is 10.3. The maximum Gasteiger partial charge on any atom is 0.226 e. The zero-order valence-electron chi connectivity index (χ0n) is 15.7. The Labute approximate surface area is 151 Å². The molecule has 1 aromatic carbocycles. The van der Waals surface area contributed by atoms with Gasteiger partial charge in [0.2, 0.25) is 5.91 Å². The van der Waals surface area contributed by atoms with Crippen LogP contribution in [0.4, 0.5) is 5.69 Å². The first-order chi connectivity index (χ1) is 12.2. The fourth-order valence-corrected chi connectivity index (χ4v) is 2.85. The Balaban J connectivity index is 1.73. The number of hydrogen-bond acceptors (Lipinski definition) is 5. The molecule has 1 N–H and O–H groups in total. The van der Waals surface area contributed by atoms with Crippen LogP contribution in [0.1, 0.15) is 26.7 Å². The average molecular weight is 349 g/mol. The maximum atomic E-state index is 12.5. The van der Waals surface area contributed by atoms with Crippen LogP contribution in [0.25, 0.3) is 0 Å². The van der Waals surface area contributed by atoms with E-state index in [4.69, 9.17) is 9.57 Å². The fourth-order valence-electron chi connectivity index (χ4n) is 2.85. The standard InChI is InChI=1S/C19H31N3O3/c1-4-5-14-25-20-15-16(2)19(23)22-12-10-21(11-13-22)17-6-8-18(24-3)9-7-17/h6-9,16,20H,4-5,10-15H2,1-3H3/t16-/m0/s1. The molecular formula is C19H31N3O3. The van der Waals surface area contributed by atoms with Crippen molar-refractivity contribution in [3.8, 4) is 5.75 Å². The van der Waals surface area contributed by atoms with E-state index in [2.05, 4.69) is 29.4 Å². The Morgan fingerprint density at radius 1 is 1.20 bits per heavy atom. The predicted molar refractivity (Wildman–Crippen MR) is 99.8 cm³/mol. The van der Waals surface area contributed by atoms with Gasteiger partial charge in [-0.25, -0.2) is 5.48 Å². The molecule has 0 unspecified atom stereocenters. The van der Waals surface area contributed by atoms with Crippen LogP contribution in [0.2, 0.25) is 0 Å². The Morgan fingerprint density at radius 2 is 1.88 bits per heavy atom. The molecule has 1 aliphatic rings. The van der Waals surface area contributed by atoms with Crippen LogP contribution in [0.3, 0.4) is 0 Å². The van der Waals surface area contributed by atoms with Gasteiger partial charge in [0, 0.05) is 38.4 Å². The van der Waals surface area contributed by atoms with Crippen molar-refractivity contribution >= 4 is 11.6 Å². The van der Waals surface area contributed by atoms with Crippen molar-refractivity contribution in [2.45, 2.75) is 26.7 Å². The van der Waals surface area contributed by atoms with Crippen LogP contribution < -0.4 is 15.1 Å². The zero-order valence-corrected chi connectivity index (χ0v) is 15.7. The highest BCUT2D eigenvalue weighted by atomic mass is 16.6. The lowest BCUT2D eigenvalue weighted by molar-refractivity contribution is -0.136. The molecule has 0 radical (unpaired) electrons. The number of piperazine rings is 1. The number of ether oxygens (including phenoxy) is 1. The van der Waals surface area contributed by atoms with Crippen LogP contribution in [0.5, 0.6) is 5.75 Å². The summed E-state index contributed by atoms with van der Waals surface area (Å²) in [6.45, 7) is 8.54. The third kappa shape index (κ3) is 5.90. The molecule has 140 valence electrons. The molecule has 2 rings (SSSR count). The summed E-state index contributed by atoms with van der Waals surface area (Å²) in [6.07, 6.45) is 2.14. The van der Waals surface area contributed by atoms with Gasteiger partial charge in [-0.3, -0.25) is 4.79 Å². The molecule has 1 amide bonds. The highest BCUT2D eigenvalue weighted by Gasteiger charge is 2.24. The van der Waals surface area contributed by atoms with Gasteiger partial charge in [-0.15, -0.1) is 0 Å². The molecule has 0 aliphatic carbocycles. The number of carbonyl (C=O) groups excluding carboxylic acids is 1. The van der Waals surface area contributed by atoms with E-state index < -0.39 is 0 Å². The summed E-state index contributed by atoms with van der Waals surface area (Å²) >= 11 is 0. The quantitative estimate of drug-likeness (QED) is 0.548. The first kappa shape index (κ1) is 19.5. The van der Waals surface area contributed by atoms with Crippen LogP contribution in [0, 0.1) is 5.92 Å². The maximum absolute atomic E-state index is 12.5. The molecule has 0 saturated carbocycles. The Bertz CT molecular complexity index is 513. The lowest BCUT2D eigenvalue weighted by Gasteiger charge is -2.37. The number of methoxy groups -OCH3 is 1. The summed E-state index contributed by atoms with van der Waals surface area (Å²) in [6, 6.07) is 8.07. The van der Waals surface area contributed by atoms with Gasteiger partial charge in [-0.1, -0.05) is 20.3 Å². The average Bonchev–Trinajstić information content (AvgIpc) is 2.67. The van der Waals surface area contributed by atoms with Crippen molar-refractivity contribution in [1.29, 1.82) is 0 Å². The van der Waals surface area contributed by atoms with Crippen LogP contribution in [-0.2, 0) is 9.63 Å². The summed E-state index contributed by atoms with van der Waals surface area (Å²) in [4.78, 5) is 22.1. The number of amides is 1. The van der Waals surface area contributed by atoms with Gasteiger partial charge < -0.3 is 19.4 Å². The summed E-state index contributed by atoms with van der Waals surface area (Å²) < 4.78 is 5.20. The number of benzene rings is 1. The van der Waals surface area contributed by atoms with Crippen LogP contribution >= 0.6 is 0 Å². The van der Waals surface area contributed by atoms with Gasteiger partial charge in [-0.05, 0) is 30.7 Å². The zero-order chi connectivity index (χ0) is 18.1. The molecule has 1 aromatic rings. The second-order valence-electron chi connectivity index (χ2n) is 6.46. The number of carbonyl (C=O) groups is 1. The van der Waals surface area contributed by atoms with E-state index in [0.29, 0.717) is 13.2 Å². The molecule has 1 saturated heterocycles. The lowest BCUT2D eigenvalue weighted by atomic mass is 10.1. The van der Waals surface area contributed by atoms with Crippen molar-refractivity contribution in [2.24, 2.45) is 5.92 Å². The predicted octanol–water partition coefficient (Wildman–Crippen LogP) is 2.30. The number of hydroxylamine groups is 1. The summed E-state index contributed by atoms with van der Waals surface area (Å²) in [7, 11) is 1.67. The minimum absolute atomic E-state index is 0.0748. The minimum Gasteiger partial charge on any atom is -0.497 e. The van der Waals surface area contributed by atoms with E-state index in [0.717, 1.165) is 44.8 Å². The van der Waals surface area contributed by atoms with E-state index in [1.54, 1.807) is 7.11 Å². The van der Waals surface area contributed by atoms with Crippen LogP contribution in [0.15, 0.2) is 24.3 Å². The van der Waals surface area contributed by atoms with Crippen molar-refractivity contribution in [3.05, 3.63) is 24.3 Å². The monoisotopic (exact) mass is 349 g/mol. The molecule has 0 bridgehead atoms. The van der Waals surface area contributed by atoms with Crippen molar-refractivity contribution in [1.82, 2.24) is 10.4 Å². The van der Waals surface area contributed by atoms with Crippen LogP contribution in [-0.4, -0.2) is 57.2 Å².